The lowest BCUT2D eigenvalue weighted by atomic mass is 10.0. The lowest BCUT2D eigenvalue weighted by Crippen LogP contribution is -2.45. The summed E-state index contributed by atoms with van der Waals surface area (Å²) in [6.45, 7) is 4.11. The third kappa shape index (κ3) is 35.2. The number of hydrogen-bond donors (Lipinski definition) is 4. The Morgan fingerprint density at radius 3 is 1.57 bits per heavy atom. The molecule has 0 aliphatic carbocycles. The second-order valence-electron chi connectivity index (χ2n) is 13.8. The number of aliphatic hydroxyl groups is 1. The van der Waals surface area contributed by atoms with Gasteiger partial charge in [0.25, 0.3) is 0 Å². The third-order valence-electron chi connectivity index (χ3n) is 9.03. The van der Waals surface area contributed by atoms with Crippen molar-refractivity contribution in [2.24, 2.45) is 5.73 Å². The van der Waals surface area contributed by atoms with Crippen molar-refractivity contribution in [2.45, 2.75) is 206 Å². The van der Waals surface area contributed by atoms with E-state index in [2.05, 4.69) is 31.3 Å². The Hall–Kier alpha value is -1.02. The number of carbonyl (C=O) groups excluding carboxylic acids is 1. The molecule has 0 aromatic rings. The minimum atomic E-state index is -4.34. The van der Waals surface area contributed by atoms with Crippen LogP contribution in [-0.2, 0) is 18.4 Å². The van der Waals surface area contributed by atoms with E-state index in [-0.39, 0.29) is 25.7 Å². The molecule has 49 heavy (non-hydrogen) atoms. The molecule has 0 aromatic heterocycles. The van der Waals surface area contributed by atoms with Gasteiger partial charge in [-0.15, -0.1) is 0 Å². The summed E-state index contributed by atoms with van der Waals surface area (Å²) in [5, 5.41) is 13.6. The monoisotopic (exact) mass is 715 g/mol. The molecule has 0 spiro atoms. The number of amides is 1. The second kappa shape index (κ2) is 36.8. The molecule has 0 aliphatic rings. The molecule has 290 valence electrons. The number of phosphoric acid groups is 1. The van der Waals surface area contributed by atoms with Gasteiger partial charge < -0.3 is 21.1 Å². The van der Waals surface area contributed by atoms with E-state index in [1.807, 2.05) is 6.08 Å². The lowest BCUT2D eigenvalue weighted by Gasteiger charge is -2.23. The number of rotatable bonds is 38. The predicted octanol–water partition coefficient (Wildman–Crippen LogP) is 11.0. The van der Waals surface area contributed by atoms with Crippen LogP contribution in [0, 0.1) is 0 Å². The number of allylic oxidation sites excluding steroid dienone is 3. The number of nitrogens with two attached hydrogens (primary N) is 1. The van der Waals surface area contributed by atoms with E-state index in [0.29, 0.717) is 6.42 Å². The second-order valence-corrected chi connectivity index (χ2v) is 15.3. The summed E-state index contributed by atoms with van der Waals surface area (Å²) in [5.74, 6) is -0.205. The minimum Gasteiger partial charge on any atom is -0.387 e. The Bertz CT molecular complexity index is 825. The molecule has 1 amide bonds. The van der Waals surface area contributed by atoms with E-state index in [1.165, 1.54) is 135 Å². The maximum Gasteiger partial charge on any atom is 0.472 e. The highest BCUT2D eigenvalue weighted by atomic mass is 31.2. The minimum absolute atomic E-state index is 0.0756. The Kier molecular flexibility index (Phi) is 36.0. The zero-order valence-electron chi connectivity index (χ0n) is 31.9. The van der Waals surface area contributed by atoms with Crippen LogP contribution < -0.4 is 11.1 Å². The van der Waals surface area contributed by atoms with Crippen LogP contribution in [0.5, 0.6) is 0 Å². The van der Waals surface area contributed by atoms with E-state index >= 15 is 0 Å². The van der Waals surface area contributed by atoms with Gasteiger partial charge in [-0.25, -0.2) is 4.57 Å². The molecule has 0 radical (unpaired) electrons. The average Bonchev–Trinajstić information content (AvgIpc) is 3.09. The van der Waals surface area contributed by atoms with Crippen LogP contribution in [0.15, 0.2) is 24.3 Å². The Labute approximate surface area is 302 Å². The number of phosphoric ester groups is 1. The Balaban J connectivity index is 4.27. The van der Waals surface area contributed by atoms with Crippen LogP contribution >= 0.6 is 7.82 Å². The first-order chi connectivity index (χ1) is 23.9. The van der Waals surface area contributed by atoms with E-state index in [4.69, 9.17) is 14.8 Å². The van der Waals surface area contributed by atoms with Gasteiger partial charge in [0.1, 0.15) is 0 Å². The molecule has 5 N–H and O–H groups in total. The molecule has 9 heteroatoms. The molecule has 3 unspecified atom stereocenters. The zero-order valence-corrected chi connectivity index (χ0v) is 32.8. The van der Waals surface area contributed by atoms with Crippen LogP contribution in [0.4, 0.5) is 0 Å². The van der Waals surface area contributed by atoms with Crippen molar-refractivity contribution in [2.75, 3.05) is 19.8 Å². The number of aliphatic hydroxyl groups excluding tert-OH is 1. The summed E-state index contributed by atoms with van der Waals surface area (Å²) in [7, 11) is -4.34. The number of hydrogen-bond acceptors (Lipinski definition) is 6. The lowest BCUT2D eigenvalue weighted by molar-refractivity contribution is -0.123. The van der Waals surface area contributed by atoms with Crippen molar-refractivity contribution in [3.8, 4) is 0 Å². The van der Waals surface area contributed by atoms with Crippen molar-refractivity contribution in [1.82, 2.24) is 5.32 Å². The molecule has 0 heterocycles. The molecule has 0 saturated heterocycles. The highest BCUT2D eigenvalue weighted by Gasteiger charge is 2.26. The first-order valence-corrected chi connectivity index (χ1v) is 22.0. The van der Waals surface area contributed by atoms with Gasteiger partial charge >= 0.3 is 7.82 Å². The maximum absolute atomic E-state index is 12.7. The third-order valence-corrected chi connectivity index (χ3v) is 10.0. The Morgan fingerprint density at radius 2 is 1.08 bits per heavy atom. The van der Waals surface area contributed by atoms with Gasteiger partial charge in [-0.3, -0.25) is 13.8 Å². The molecule has 8 nitrogen and oxygen atoms in total. The zero-order chi connectivity index (χ0) is 36.1. The highest BCUT2D eigenvalue weighted by Crippen LogP contribution is 2.43. The van der Waals surface area contributed by atoms with Crippen molar-refractivity contribution in [1.29, 1.82) is 0 Å². The van der Waals surface area contributed by atoms with E-state index in [1.54, 1.807) is 6.08 Å². The van der Waals surface area contributed by atoms with Crippen LogP contribution in [-0.4, -0.2) is 47.8 Å². The number of nitrogens with one attached hydrogen (secondary N) is 1. The van der Waals surface area contributed by atoms with Gasteiger partial charge in [-0.2, -0.15) is 0 Å². The van der Waals surface area contributed by atoms with Crippen LogP contribution in [0.2, 0.25) is 0 Å². The van der Waals surface area contributed by atoms with Gasteiger partial charge in [0.15, 0.2) is 0 Å². The van der Waals surface area contributed by atoms with Crippen molar-refractivity contribution >= 4 is 13.7 Å². The molecule has 0 aromatic carbocycles. The van der Waals surface area contributed by atoms with Gasteiger partial charge in [0.2, 0.25) is 5.91 Å². The first-order valence-electron chi connectivity index (χ1n) is 20.5. The fourth-order valence-electron chi connectivity index (χ4n) is 5.91. The van der Waals surface area contributed by atoms with Crippen molar-refractivity contribution in [3.05, 3.63) is 24.3 Å². The molecule has 3 atom stereocenters. The summed E-state index contributed by atoms with van der Waals surface area (Å²) in [4.78, 5) is 22.6. The number of carbonyl (C=O) groups is 1. The molecule has 0 fully saturated rings. The molecular weight excluding hydrogens is 635 g/mol. The predicted molar refractivity (Wildman–Crippen MR) is 208 cm³/mol. The van der Waals surface area contributed by atoms with E-state index < -0.39 is 20.0 Å². The topological polar surface area (TPSA) is 131 Å². The Morgan fingerprint density at radius 1 is 0.653 bits per heavy atom. The quantitative estimate of drug-likeness (QED) is 0.0284. The molecule has 0 bridgehead atoms. The average molecular weight is 715 g/mol. The van der Waals surface area contributed by atoms with E-state index in [9.17, 15) is 19.4 Å². The van der Waals surface area contributed by atoms with Gasteiger partial charge in [-0.1, -0.05) is 179 Å². The van der Waals surface area contributed by atoms with Crippen LogP contribution in [0.25, 0.3) is 0 Å². The normalized spacial score (nSPS) is 14.5. The summed E-state index contributed by atoms with van der Waals surface area (Å²) in [6.07, 6.45) is 40.9. The smallest absolute Gasteiger partial charge is 0.387 e. The highest BCUT2D eigenvalue weighted by molar-refractivity contribution is 7.47. The molecular formula is C40H79N2O6P. The van der Waals surface area contributed by atoms with Crippen LogP contribution in [0.3, 0.4) is 0 Å². The molecule has 0 aliphatic heterocycles. The largest absolute Gasteiger partial charge is 0.472 e. The van der Waals surface area contributed by atoms with Crippen molar-refractivity contribution < 1.29 is 28.4 Å². The standard InChI is InChI=1S/C40H79N2O6P/c1-3-5-7-9-11-13-15-16-17-18-19-20-21-22-24-25-27-29-31-33-39(43)38(37-48-49(45,46)47-36-35-41)42-40(44)34-32-30-28-26-23-14-12-10-8-6-4-2/h24-25,31,33,38-39,43H,3-23,26-30,32,34-37,41H2,1-2H3,(H,42,44)(H,45,46)/b25-24+,33-31+. The fraction of sp³-hybridized carbons (Fsp3) is 0.875. The summed E-state index contributed by atoms with van der Waals surface area (Å²) >= 11 is 0. The van der Waals surface area contributed by atoms with Crippen LogP contribution in [0.1, 0.15) is 194 Å². The van der Waals surface area contributed by atoms with Gasteiger partial charge in [-0.05, 0) is 32.1 Å². The molecule has 0 rings (SSSR count). The SMILES string of the molecule is CCCCCCCCCCCCCCC/C=C/CC/C=C/C(O)C(COP(=O)(O)OCCN)NC(=O)CCCCCCCCCCCCC. The first kappa shape index (κ1) is 48.0. The van der Waals surface area contributed by atoms with E-state index in [0.717, 1.165) is 38.5 Å². The molecule has 0 saturated carbocycles. The maximum atomic E-state index is 12.7. The summed E-state index contributed by atoms with van der Waals surface area (Å²) in [5.41, 5.74) is 5.36. The number of unbranched alkanes of at least 4 members (excludes halogenated alkanes) is 24. The fourth-order valence-corrected chi connectivity index (χ4v) is 6.67. The van der Waals surface area contributed by atoms with Gasteiger partial charge in [0.05, 0.1) is 25.4 Å². The van der Waals surface area contributed by atoms with Gasteiger partial charge in [0, 0.05) is 13.0 Å². The summed E-state index contributed by atoms with van der Waals surface area (Å²) < 4.78 is 22.0. The summed E-state index contributed by atoms with van der Waals surface area (Å²) in [6, 6.07) is -0.871. The van der Waals surface area contributed by atoms with Crippen molar-refractivity contribution in [3.63, 3.8) is 0 Å².